The van der Waals surface area contributed by atoms with E-state index >= 15 is 0 Å². The molecule has 0 aromatic carbocycles. The van der Waals surface area contributed by atoms with Crippen molar-refractivity contribution < 1.29 is 4.79 Å². The summed E-state index contributed by atoms with van der Waals surface area (Å²) in [5.74, 6) is 0.837. The smallest absolute Gasteiger partial charge is 0.221 e. The van der Waals surface area contributed by atoms with Crippen LogP contribution in [0.25, 0.3) is 0 Å². The minimum atomic E-state index is 0.0956. The Kier molecular flexibility index (Phi) is 5.44. The molecule has 1 aliphatic carbocycles. The van der Waals surface area contributed by atoms with Crippen LogP contribution in [0.4, 0.5) is 0 Å². The highest BCUT2D eigenvalue weighted by Gasteiger charge is 2.22. The van der Waals surface area contributed by atoms with Gasteiger partial charge < -0.3 is 10.6 Å². The van der Waals surface area contributed by atoms with Crippen molar-refractivity contribution in [2.75, 3.05) is 6.54 Å². The predicted octanol–water partition coefficient (Wildman–Crippen LogP) is 2.46. The van der Waals surface area contributed by atoms with Crippen molar-refractivity contribution in [3.8, 4) is 0 Å². The van der Waals surface area contributed by atoms with E-state index in [1.807, 2.05) is 0 Å². The fourth-order valence-electron chi connectivity index (χ4n) is 2.36. The third-order valence-corrected chi connectivity index (χ3v) is 3.47. The third-order valence-electron chi connectivity index (χ3n) is 3.47. The quantitative estimate of drug-likeness (QED) is 0.792. The highest BCUT2D eigenvalue weighted by molar-refractivity contribution is 5.76. The number of nitrogens with one attached hydrogen (secondary N) is 2. The molecule has 0 radical (unpaired) electrons. The van der Waals surface area contributed by atoms with Crippen molar-refractivity contribution >= 4 is 5.91 Å². The van der Waals surface area contributed by atoms with Gasteiger partial charge in [0.05, 0.1) is 0 Å². The van der Waals surface area contributed by atoms with Crippen molar-refractivity contribution in [3.63, 3.8) is 0 Å². The number of hydrogen-bond acceptors (Lipinski definition) is 2. The van der Waals surface area contributed by atoms with Crippen LogP contribution in [-0.2, 0) is 4.79 Å². The molecule has 2 atom stereocenters. The maximum absolute atomic E-state index is 11.8. The predicted molar refractivity (Wildman–Crippen MR) is 71.9 cm³/mol. The number of hydrogen-bond donors (Lipinski definition) is 2. The lowest BCUT2D eigenvalue weighted by atomic mass is 9.86. The molecule has 1 amide bonds. The Hall–Kier alpha value is -0.570. The lowest BCUT2D eigenvalue weighted by molar-refractivity contribution is -0.122. The summed E-state index contributed by atoms with van der Waals surface area (Å²) >= 11 is 0. The van der Waals surface area contributed by atoms with Gasteiger partial charge in [-0.25, -0.2) is 0 Å². The van der Waals surface area contributed by atoms with E-state index in [0.717, 1.165) is 13.0 Å². The number of carbonyl (C=O) groups is 1. The van der Waals surface area contributed by atoms with Gasteiger partial charge in [0, 0.05) is 24.5 Å². The number of rotatable bonds is 4. The molecule has 0 aromatic rings. The number of carbonyl (C=O) groups excluding carboxylic acids is 1. The number of amides is 1. The van der Waals surface area contributed by atoms with Gasteiger partial charge in [-0.2, -0.15) is 0 Å². The Morgan fingerprint density at radius 3 is 2.47 bits per heavy atom. The molecule has 1 saturated carbocycles. The van der Waals surface area contributed by atoms with Crippen LogP contribution in [0.15, 0.2) is 0 Å². The van der Waals surface area contributed by atoms with E-state index in [0.29, 0.717) is 18.4 Å². The normalized spacial score (nSPS) is 25.6. The molecule has 2 unspecified atom stereocenters. The monoisotopic (exact) mass is 240 g/mol. The molecule has 1 fully saturated rings. The largest absolute Gasteiger partial charge is 0.353 e. The van der Waals surface area contributed by atoms with Crippen molar-refractivity contribution in [2.24, 2.45) is 5.92 Å². The van der Waals surface area contributed by atoms with Gasteiger partial charge in [-0.15, -0.1) is 0 Å². The standard InChI is InChI=1S/C14H28N2O/c1-11-7-5-6-8-12(11)16-13(17)9-10-15-14(2,3)4/h11-12,15H,5-10H2,1-4H3,(H,16,17). The second-order valence-electron chi connectivity index (χ2n) is 6.36. The van der Waals surface area contributed by atoms with Gasteiger partial charge in [0.15, 0.2) is 0 Å². The van der Waals surface area contributed by atoms with Crippen LogP contribution in [0.1, 0.15) is 59.8 Å². The van der Waals surface area contributed by atoms with Gasteiger partial charge >= 0.3 is 0 Å². The Bertz CT molecular complexity index is 245. The molecular formula is C14H28N2O. The zero-order chi connectivity index (χ0) is 12.9. The fraction of sp³-hybridized carbons (Fsp3) is 0.929. The topological polar surface area (TPSA) is 41.1 Å². The highest BCUT2D eigenvalue weighted by atomic mass is 16.1. The molecule has 0 spiro atoms. The molecule has 0 heterocycles. The molecule has 1 aliphatic rings. The Morgan fingerprint density at radius 1 is 1.24 bits per heavy atom. The minimum absolute atomic E-state index is 0.0956. The van der Waals surface area contributed by atoms with Crippen molar-refractivity contribution in [1.29, 1.82) is 0 Å². The van der Waals surface area contributed by atoms with Gasteiger partial charge in [0.25, 0.3) is 0 Å². The first kappa shape index (κ1) is 14.5. The van der Waals surface area contributed by atoms with Crippen molar-refractivity contribution in [3.05, 3.63) is 0 Å². The summed E-state index contributed by atoms with van der Waals surface area (Å²) in [6.07, 6.45) is 5.57. The first-order chi connectivity index (χ1) is 7.88. The molecule has 0 saturated heterocycles. The van der Waals surface area contributed by atoms with E-state index in [-0.39, 0.29) is 11.4 Å². The van der Waals surface area contributed by atoms with Crippen LogP contribution >= 0.6 is 0 Å². The van der Waals surface area contributed by atoms with Crippen LogP contribution < -0.4 is 10.6 Å². The Morgan fingerprint density at radius 2 is 1.88 bits per heavy atom. The minimum Gasteiger partial charge on any atom is -0.353 e. The van der Waals surface area contributed by atoms with Crippen LogP contribution in [0.3, 0.4) is 0 Å². The summed E-state index contributed by atoms with van der Waals surface area (Å²) in [6.45, 7) is 9.37. The maximum Gasteiger partial charge on any atom is 0.221 e. The van der Waals surface area contributed by atoms with E-state index in [4.69, 9.17) is 0 Å². The molecule has 1 rings (SSSR count). The lowest BCUT2D eigenvalue weighted by Crippen LogP contribution is -2.43. The van der Waals surface area contributed by atoms with Crippen molar-refractivity contribution in [2.45, 2.75) is 71.4 Å². The molecule has 2 N–H and O–H groups in total. The Labute approximate surface area is 106 Å². The van der Waals surface area contributed by atoms with E-state index in [2.05, 4.69) is 38.3 Å². The van der Waals surface area contributed by atoms with E-state index in [9.17, 15) is 4.79 Å². The Balaban J connectivity index is 2.20. The summed E-state index contributed by atoms with van der Waals surface area (Å²) < 4.78 is 0. The average molecular weight is 240 g/mol. The van der Waals surface area contributed by atoms with Gasteiger partial charge in [-0.1, -0.05) is 19.8 Å². The summed E-state index contributed by atoms with van der Waals surface area (Å²) in [5.41, 5.74) is 0.0956. The maximum atomic E-state index is 11.8. The van der Waals surface area contributed by atoms with E-state index in [1.165, 1.54) is 19.3 Å². The summed E-state index contributed by atoms with van der Waals surface area (Å²) in [7, 11) is 0. The third kappa shape index (κ3) is 6.06. The molecule has 17 heavy (non-hydrogen) atoms. The van der Waals surface area contributed by atoms with Crippen LogP contribution in [-0.4, -0.2) is 24.0 Å². The summed E-state index contributed by atoms with van der Waals surface area (Å²) in [6, 6.07) is 0.408. The summed E-state index contributed by atoms with van der Waals surface area (Å²) in [4.78, 5) is 11.8. The van der Waals surface area contributed by atoms with E-state index in [1.54, 1.807) is 0 Å². The zero-order valence-corrected chi connectivity index (χ0v) is 11.8. The SMILES string of the molecule is CC1CCCCC1NC(=O)CCNC(C)(C)C. The first-order valence-corrected chi connectivity index (χ1v) is 6.93. The molecule has 0 aliphatic heterocycles. The molecule has 3 nitrogen and oxygen atoms in total. The average Bonchev–Trinajstić information content (AvgIpc) is 2.19. The molecule has 3 heteroatoms. The van der Waals surface area contributed by atoms with Gasteiger partial charge in [0.1, 0.15) is 0 Å². The lowest BCUT2D eigenvalue weighted by Gasteiger charge is -2.29. The molecular weight excluding hydrogens is 212 g/mol. The van der Waals surface area contributed by atoms with Gasteiger partial charge in [-0.05, 0) is 39.5 Å². The molecule has 0 aromatic heterocycles. The van der Waals surface area contributed by atoms with Crippen LogP contribution in [0, 0.1) is 5.92 Å². The molecule has 100 valence electrons. The second kappa shape index (κ2) is 6.39. The van der Waals surface area contributed by atoms with Crippen LogP contribution in [0.5, 0.6) is 0 Å². The second-order valence-corrected chi connectivity index (χ2v) is 6.36. The highest BCUT2D eigenvalue weighted by Crippen LogP contribution is 2.23. The fourth-order valence-corrected chi connectivity index (χ4v) is 2.36. The van der Waals surface area contributed by atoms with Crippen LogP contribution in [0.2, 0.25) is 0 Å². The van der Waals surface area contributed by atoms with Gasteiger partial charge in [0.2, 0.25) is 5.91 Å². The zero-order valence-electron chi connectivity index (χ0n) is 11.8. The molecule has 0 bridgehead atoms. The van der Waals surface area contributed by atoms with Crippen molar-refractivity contribution in [1.82, 2.24) is 10.6 Å². The summed E-state index contributed by atoms with van der Waals surface area (Å²) in [5, 5.41) is 6.52. The van der Waals surface area contributed by atoms with E-state index < -0.39 is 0 Å². The van der Waals surface area contributed by atoms with Gasteiger partial charge in [-0.3, -0.25) is 4.79 Å². The first-order valence-electron chi connectivity index (χ1n) is 6.93.